The van der Waals surface area contributed by atoms with Crippen LogP contribution in [0, 0.1) is 0 Å². The number of nitrogens with zero attached hydrogens (tertiary/aromatic N) is 2. The summed E-state index contributed by atoms with van der Waals surface area (Å²) in [6.07, 6.45) is 5.28. The molecule has 0 spiro atoms. The van der Waals surface area contributed by atoms with Gasteiger partial charge in [0.25, 0.3) is 0 Å². The van der Waals surface area contributed by atoms with Crippen molar-refractivity contribution < 1.29 is 0 Å². The highest BCUT2D eigenvalue weighted by Crippen LogP contribution is 2.29. The SMILES string of the molecule is CCCC1C(N(CC)c2ccccc2)CCCN1CC. The van der Waals surface area contributed by atoms with Crippen molar-refractivity contribution in [3.05, 3.63) is 30.3 Å². The van der Waals surface area contributed by atoms with Gasteiger partial charge >= 0.3 is 0 Å². The van der Waals surface area contributed by atoms with Crippen LogP contribution in [0.4, 0.5) is 5.69 Å². The Balaban J connectivity index is 2.21. The minimum absolute atomic E-state index is 0.677. The number of anilines is 1. The molecule has 1 fully saturated rings. The quantitative estimate of drug-likeness (QED) is 0.768. The molecule has 2 heteroatoms. The maximum atomic E-state index is 2.70. The lowest BCUT2D eigenvalue weighted by Crippen LogP contribution is -2.55. The molecule has 0 amide bonds. The smallest absolute Gasteiger partial charge is 0.0445 e. The van der Waals surface area contributed by atoms with E-state index in [1.807, 2.05) is 0 Å². The summed E-state index contributed by atoms with van der Waals surface area (Å²) in [4.78, 5) is 5.32. The molecule has 1 aliphatic heterocycles. The molecule has 112 valence electrons. The molecule has 2 atom stereocenters. The van der Waals surface area contributed by atoms with Crippen molar-refractivity contribution in [2.24, 2.45) is 0 Å². The van der Waals surface area contributed by atoms with Crippen molar-refractivity contribution in [1.29, 1.82) is 0 Å². The summed E-state index contributed by atoms with van der Waals surface area (Å²) >= 11 is 0. The fourth-order valence-corrected chi connectivity index (χ4v) is 3.76. The van der Waals surface area contributed by atoms with Crippen molar-refractivity contribution in [1.82, 2.24) is 4.90 Å². The Morgan fingerprint density at radius 2 is 1.90 bits per heavy atom. The van der Waals surface area contributed by atoms with E-state index in [-0.39, 0.29) is 0 Å². The van der Waals surface area contributed by atoms with Crippen LogP contribution in [-0.2, 0) is 0 Å². The van der Waals surface area contributed by atoms with Gasteiger partial charge < -0.3 is 4.90 Å². The lowest BCUT2D eigenvalue weighted by atomic mass is 9.91. The molecule has 20 heavy (non-hydrogen) atoms. The van der Waals surface area contributed by atoms with Gasteiger partial charge in [-0.05, 0) is 51.4 Å². The number of hydrogen-bond acceptors (Lipinski definition) is 2. The highest BCUT2D eigenvalue weighted by Gasteiger charge is 2.33. The van der Waals surface area contributed by atoms with Gasteiger partial charge in [0, 0.05) is 24.3 Å². The molecule has 1 aromatic carbocycles. The maximum Gasteiger partial charge on any atom is 0.0445 e. The number of hydrogen-bond donors (Lipinski definition) is 0. The first kappa shape index (κ1) is 15.4. The predicted molar refractivity (Wildman–Crippen MR) is 88.4 cm³/mol. The van der Waals surface area contributed by atoms with E-state index >= 15 is 0 Å². The van der Waals surface area contributed by atoms with Gasteiger partial charge in [0.15, 0.2) is 0 Å². The average molecular weight is 274 g/mol. The second kappa shape index (κ2) is 7.68. The van der Waals surface area contributed by atoms with Crippen LogP contribution in [0.3, 0.4) is 0 Å². The molecule has 0 radical (unpaired) electrons. The van der Waals surface area contributed by atoms with Crippen LogP contribution in [-0.4, -0.2) is 36.6 Å². The Kier molecular flexibility index (Phi) is 5.90. The molecular weight excluding hydrogens is 244 g/mol. The Morgan fingerprint density at radius 1 is 1.15 bits per heavy atom. The summed E-state index contributed by atoms with van der Waals surface area (Å²) in [6, 6.07) is 12.4. The van der Waals surface area contributed by atoms with Gasteiger partial charge in [0.05, 0.1) is 0 Å². The van der Waals surface area contributed by atoms with E-state index in [0.717, 1.165) is 12.6 Å². The lowest BCUT2D eigenvalue weighted by molar-refractivity contribution is 0.123. The average Bonchev–Trinajstić information content (AvgIpc) is 2.50. The van der Waals surface area contributed by atoms with Crippen molar-refractivity contribution in [2.45, 2.75) is 58.5 Å². The number of para-hydroxylation sites is 1. The predicted octanol–water partition coefficient (Wildman–Crippen LogP) is 4.17. The van der Waals surface area contributed by atoms with Crippen molar-refractivity contribution in [2.75, 3.05) is 24.5 Å². The highest BCUT2D eigenvalue weighted by molar-refractivity contribution is 5.47. The summed E-state index contributed by atoms with van der Waals surface area (Å²) < 4.78 is 0. The third-order valence-electron chi connectivity index (χ3n) is 4.68. The zero-order valence-electron chi connectivity index (χ0n) is 13.4. The van der Waals surface area contributed by atoms with E-state index in [1.54, 1.807) is 0 Å². The Morgan fingerprint density at radius 3 is 2.50 bits per heavy atom. The number of piperidine rings is 1. The monoisotopic (exact) mass is 274 g/mol. The highest BCUT2D eigenvalue weighted by atomic mass is 15.3. The number of benzene rings is 1. The second-order valence-corrected chi connectivity index (χ2v) is 5.82. The van der Waals surface area contributed by atoms with E-state index in [9.17, 15) is 0 Å². The lowest BCUT2D eigenvalue weighted by Gasteiger charge is -2.46. The normalized spacial score (nSPS) is 23.8. The Bertz CT molecular complexity index is 376. The van der Waals surface area contributed by atoms with Crippen molar-refractivity contribution in [3.8, 4) is 0 Å². The van der Waals surface area contributed by atoms with E-state index in [2.05, 4.69) is 60.9 Å². The third-order valence-corrected chi connectivity index (χ3v) is 4.68. The van der Waals surface area contributed by atoms with Crippen LogP contribution in [0.15, 0.2) is 30.3 Å². The molecule has 1 heterocycles. The van der Waals surface area contributed by atoms with Gasteiger partial charge in [-0.25, -0.2) is 0 Å². The number of rotatable bonds is 6. The molecular formula is C18H30N2. The van der Waals surface area contributed by atoms with Crippen LogP contribution in [0.5, 0.6) is 0 Å². The minimum Gasteiger partial charge on any atom is -0.367 e. The fourth-order valence-electron chi connectivity index (χ4n) is 3.76. The summed E-state index contributed by atoms with van der Waals surface area (Å²) in [7, 11) is 0. The summed E-state index contributed by atoms with van der Waals surface area (Å²) in [6.45, 7) is 10.5. The molecule has 1 aliphatic rings. The minimum atomic E-state index is 0.677. The molecule has 2 rings (SSSR count). The topological polar surface area (TPSA) is 6.48 Å². The van der Waals surface area contributed by atoms with Gasteiger partial charge in [-0.1, -0.05) is 38.5 Å². The third kappa shape index (κ3) is 3.35. The molecule has 0 saturated carbocycles. The molecule has 2 unspecified atom stereocenters. The molecule has 1 aromatic rings. The molecule has 2 nitrogen and oxygen atoms in total. The zero-order valence-corrected chi connectivity index (χ0v) is 13.4. The largest absolute Gasteiger partial charge is 0.367 e. The van der Waals surface area contributed by atoms with Crippen molar-refractivity contribution >= 4 is 5.69 Å². The first-order valence-electron chi connectivity index (χ1n) is 8.37. The first-order chi connectivity index (χ1) is 9.81. The molecule has 0 bridgehead atoms. The summed E-state index contributed by atoms with van der Waals surface area (Å²) in [5.41, 5.74) is 1.39. The molecule has 0 aromatic heterocycles. The van der Waals surface area contributed by atoms with Crippen LogP contribution in [0.2, 0.25) is 0 Å². The fraction of sp³-hybridized carbons (Fsp3) is 0.667. The van der Waals surface area contributed by atoms with Crippen LogP contribution in [0.25, 0.3) is 0 Å². The van der Waals surface area contributed by atoms with Gasteiger partial charge in [-0.3, -0.25) is 4.90 Å². The van der Waals surface area contributed by atoms with Gasteiger partial charge in [0.1, 0.15) is 0 Å². The van der Waals surface area contributed by atoms with Gasteiger partial charge in [-0.15, -0.1) is 0 Å². The zero-order chi connectivity index (χ0) is 14.4. The Hall–Kier alpha value is -1.02. The van der Waals surface area contributed by atoms with E-state index < -0.39 is 0 Å². The van der Waals surface area contributed by atoms with E-state index in [1.165, 1.54) is 44.5 Å². The Labute approximate surface area is 124 Å². The molecule has 1 saturated heterocycles. The van der Waals surface area contributed by atoms with Gasteiger partial charge in [0.2, 0.25) is 0 Å². The van der Waals surface area contributed by atoms with Crippen LogP contribution >= 0.6 is 0 Å². The van der Waals surface area contributed by atoms with Crippen LogP contribution < -0.4 is 4.90 Å². The second-order valence-electron chi connectivity index (χ2n) is 5.82. The van der Waals surface area contributed by atoms with Gasteiger partial charge in [-0.2, -0.15) is 0 Å². The van der Waals surface area contributed by atoms with E-state index in [0.29, 0.717) is 6.04 Å². The number of likely N-dealkylation sites (tertiary alicyclic amines) is 1. The van der Waals surface area contributed by atoms with Crippen molar-refractivity contribution in [3.63, 3.8) is 0 Å². The molecule has 0 aliphatic carbocycles. The standard InChI is InChI=1S/C18H30N2/c1-4-11-17-18(14-10-15-19(17)5-2)20(6-3)16-12-8-7-9-13-16/h7-9,12-13,17-18H,4-6,10-11,14-15H2,1-3H3. The summed E-state index contributed by atoms with van der Waals surface area (Å²) in [5, 5.41) is 0. The van der Waals surface area contributed by atoms with Crippen LogP contribution in [0.1, 0.15) is 46.5 Å². The maximum absolute atomic E-state index is 2.70. The number of likely N-dealkylation sites (N-methyl/N-ethyl adjacent to an activating group) is 2. The first-order valence-corrected chi connectivity index (χ1v) is 8.37. The molecule has 0 N–H and O–H groups in total. The summed E-state index contributed by atoms with van der Waals surface area (Å²) in [5.74, 6) is 0. The van der Waals surface area contributed by atoms with E-state index in [4.69, 9.17) is 0 Å².